The molecule has 0 atom stereocenters. The van der Waals surface area contributed by atoms with Gasteiger partial charge in [-0.15, -0.1) is 0 Å². The van der Waals surface area contributed by atoms with Gasteiger partial charge >= 0.3 is 5.97 Å². The molecule has 0 spiro atoms. The molecule has 0 saturated heterocycles. The molecule has 0 aliphatic carbocycles. The van der Waals surface area contributed by atoms with Crippen molar-refractivity contribution in [3.63, 3.8) is 0 Å². The molecule has 0 saturated carbocycles. The first-order chi connectivity index (χ1) is 10.8. The maximum atomic E-state index is 11.9. The van der Waals surface area contributed by atoms with Crippen LogP contribution in [0.5, 0.6) is 0 Å². The van der Waals surface area contributed by atoms with E-state index in [1.165, 1.54) is 13.0 Å². The third-order valence-corrected chi connectivity index (χ3v) is 2.58. The lowest BCUT2D eigenvalue weighted by molar-refractivity contribution is -0.136. The first-order valence-corrected chi connectivity index (χ1v) is 6.61. The standard InChI is InChI=1S/C14H18N5O4/c1-8(5-12(21)22)18-11(20)7-17-13(23)9-3-2-4-10(6-9)19-14(15)16/h2-4,6H,5,7H2,1H3,(H,17,23)(H,18,20)(H,21,22)(H4,15,16,19). The van der Waals surface area contributed by atoms with Crippen LogP contribution in [-0.2, 0) is 9.59 Å². The molecule has 0 aliphatic heterocycles. The summed E-state index contributed by atoms with van der Waals surface area (Å²) >= 11 is 0. The van der Waals surface area contributed by atoms with Gasteiger partial charge in [0.2, 0.25) is 5.91 Å². The second-order valence-corrected chi connectivity index (χ2v) is 4.70. The van der Waals surface area contributed by atoms with Crippen molar-refractivity contribution in [2.24, 2.45) is 5.73 Å². The Balaban J connectivity index is 2.51. The van der Waals surface area contributed by atoms with Crippen molar-refractivity contribution in [1.82, 2.24) is 10.6 Å². The second-order valence-electron chi connectivity index (χ2n) is 4.70. The summed E-state index contributed by atoms with van der Waals surface area (Å²) in [5.41, 5.74) is 5.96. The number of amides is 2. The highest BCUT2D eigenvalue weighted by Gasteiger charge is 2.13. The Bertz CT molecular complexity index is 617. The van der Waals surface area contributed by atoms with Gasteiger partial charge in [-0.25, -0.2) is 0 Å². The van der Waals surface area contributed by atoms with E-state index in [1.807, 2.05) is 0 Å². The fourth-order valence-electron chi connectivity index (χ4n) is 1.71. The zero-order chi connectivity index (χ0) is 17.4. The number of hydrogen-bond donors (Lipinski definition) is 6. The molecular weight excluding hydrogens is 302 g/mol. The summed E-state index contributed by atoms with van der Waals surface area (Å²) in [6.45, 7) is 1.19. The average molecular weight is 320 g/mol. The Morgan fingerprint density at radius 1 is 1.30 bits per heavy atom. The normalized spacial score (nSPS) is 10.0. The maximum absolute atomic E-state index is 11.9. The van der Waals surface area contributed by atoms with Crippen LogP contribution >= 0.6 is 0 Å². The molecule has 123 valence electrons. The van der Waals surface area contributed by atoms with E-state index in [-0.39, 0.29) is 30.5 Å². The van der Waals surface area contributed by atoms with E-state index < -0.39 is 17.8 Å². The van der Waals surface area contributed by atoms with Crippen LogP contribution in [0.1, 0.15) is 23.7 Å². The number of carbonyl (C=O) groups is 3. The van der Waals surface area contributed by atoms with Crippen LogP contribution in [0, 0.1) is 11.5 Å². The summed E-state index contributed by atoms with van der Waals surface area (Å²) in [5, 5.41) is 23.1. The zero-order valence-corrected chi connectivity index (χ0v) is 12.5. The largest absolute Gasteiger partial charge is 0.481 e. The highest BCUT2D eigenvalue weighted by atomic mass is 16.4. The summed E-state index contributed by atoms with van der Waals surface area (Å²) in [6.07, 6.45) is -0.279. The minimum Gasteiger partial charge on any atom is -0.481 e. The first kappa shape index (κ1) is 18.0. The Labute approximate surface area is 132 Å². The number of anilines is 1. The lowest BCUT2D eigenvalue weighted by Crippen LogP contribution is -2.38. The zero-order valence-electron chi connectivity index (χ0n) is 12.5. The fraction of sp³-hybridized carbons (Fsp3) is 0.214. The van der Waals surface area contributed by atoms with Gasteiger partial charge in [-0.05, 0) is 25.1 Å². The van der Waals surface area contributed by atoms with Gasteiger partial charge < -0.3 is 26.8 Å². The first-order valence-electron chi connectivity index (χ1n) is 6.61. The van der Waals surface area contributed by atoms with Crippen molar-refractivity contribution in [2.45, 2.75) is 13.3 Å². The SMILES string of the molecule is C[C](CC(=O)O)NC(=O)CNC(=O)c1cccc(NC(=N)N)c1. The van der Waals surface area contributed by atoms with Crippen LogP contribution in [-0.4, -0.2) is 35.4 Å². The maximum Gasteiger partial charge on any atom is 0.305 e. The highest BCUT2D eigenvalue weighted by molar-refractivity contribution is 5.98. The molecule has 1 aromatic carbocycles. The van der Waals surface area contributed by atoms with Gasteiger partial charge in [0, 0.05) is 11.3 Å². The highest BCUT2D eigenvalue weighted by Crippen LogP contribution is 2.10. The predicted octanol–water partition coefficient (Wildman–Crippen LogP) is -0.135. The molecule has 0 bridgehead atoms. The van der Waals surface area contributed by atoms with Crippen molar-refractivity contribution in [1.29, 1.82) is 5.41 Å². The van der Waals surface area contributed by atoms with E-state index in [1.54, 1.807) is 18.2 Å². The Morgan fingerprint density at radius 2 is 2.00 bits per heavy atom. The van der Waals surface area contributed by atoms with Crippen molar-refractivity contribution < 1.29 is 19.5 Å². The van der Waals surface area contributed by atoms with Gasteiger partial charge in [0.1, 0.15) is 0 Å². The van der Waals surface area contributed by atoms with Crippen LogP contribution in [0.2, 0.25) is 0 Å². The number of nitrogens with one attached hydrogen (secondary N) is 4. The molecule has 9 heteroatoms. The molecule has 9 nitrogen and oxygen atoms in total. The monoisotopic (exact) mass is 320 g/mol. The molecule has 1 radical (unpaired) electrons. The molecule has 1 rings (SSSR count). The molecule has 1 aromatic rings. The summed E-state index contributed by atoms with van der Waals surface area (Å²) in [6, 6.07) is 6.54. The minimum atomic E-state index is -1.05. The molecule has 0 heterocycles. The molecule has 0 aliphatic rings. The quantitative estimate of drug-likeness (QED) is 0.303. The van der Waals surface area contributed by atoms with Crippen LogP contribution < -0.4 is 21.7 Å². The topological polar surface area (TPSA) is 157 Å². The van der Waals surface area contributed by atoms with Crippen molar-refractivity contribution in [3.8, 4) is 0 Å². The van der Waals surface area contributed by atoms with Crippen LogP contribution in [0.4, 0.5) is 5.69 Å². The van der Waals surface area contributed by atoms with Crippen molar-refractivity contribution in [3.05, 3.63) is 35.9 Å². The Hall–Kier alpha value is -3.10. The molecule has 7 N–H and O–H groups in total. The number of benzene rings is 1. The summed E-state index contributed by atoms with van der Waals surface area (Å²) in [7, 11) is 0. The van der Waals surface area contributed by atoms with Gasteiger partial charge in [0.15, 0.2) is 5.96 Å². The van der Waals surface area contributed by atoms with Crippen LogP contribution in [0.15, 0.2) is 24.3 Å². The fourth-order valence-corrected chi connectivity index (χ4v) is 1.71. The summed E-state index contributed by atoms with van der Waals surface area (Å²) < 4.78 is 0. The lowest BCUT2D eigenvalue weighted by Gasteiger charge is -2.11. The molecule has 0 aromatic heterocycles. The van der Waals surface area contributed by atoms with Gasteiger partial charge in [-0.3, -0.25) is 19.8 Å². The number of hydrogen-bond acceptors (Lipinski definition) is 4. The predicted molar refractivity (Wildman–Crippen MR) is 83.6 cm³/mol. The van der Waals surface area contributed by atoms with Crippen LogP contribution in [0.25, 0.3) is 0 Å². The molecule has 0 unspecified atom stereocenters. The summed E-state index contributed by atoms with van der Waals surface area (Å²) in [4.78, 5) is 34.0. The van der Waals surface area contributed by atoms with Gasteiger partial charge in [-0.1, -0.05) is 6.07 Å². The third-order valence-electron chi connectivity index (χ3n) is 2.58. The molecule has 2 amide bonds. The second kappa shape index (κ2) is 8.37. The number of rotatable bonds is 7. The molecular formula is C14H18N5O4. The minimum absolute atomic E-state index is 0.258. The number of guanidine groups is 1. The van der Waals surface area contributed by atoms with Crippen molar-refractivity contribution in [2.75, 3.05) is 11.9 Å². The van der Waals surface area contributed by atoms with E-state index in [0.717, 1.165) is 0 Å². The van der Waals surface area contributed by atoms with E-state index in [0.29, 0.717) is 5.69 Å². The number of nitrogens with two attached hydrogens (primary N) is 1. The number of aliphatic carboxylic acids is 1. The van der Waals surface area contributed by atoms with Crippen molar-refractivity contribution >= 4 is 29.4 Å². The van der Waals surface area contributed by atoms with Gasteiger partial charge in [0.25, 0.3) is 5.91 Å². The number of carboxylic acid groups (broad SMARTS) is 1. The van der Waals surface area contributed by atoms with E-state index in [4.69, 9.17) is 16.2 Å². The third kappa shape index (κ3) is 6.93. The average Bonchev–Trinajstić information content (AvgIpc) is 2.43. The Kier molecular flexibility index (Phi) is 6.53. The molecule has 23 heavy (non-hydrogen) atoms. The Morgan fingerprint density at radius 3 is 2.61 bits per heavy atom. The van der Waals surface area contributed by atoms with Gasteiger partial charge in [0.05, 0.1) is 19.0 Å². The number of carboxylic acids is 1. The van der Waals surface area contributed by atoms with Crippen LogP contribution in [0.3, 0.4) is 0 Å². The van der Waals surface area contributed by atoms with Gasteiger partial charge in [-0.2, -0.15) is 0 Å². The molecule has 0 fully saturated rings. The smallest absolute Gasteiger partial charge is 0.305 e. The van der Waals surface area contributed by atoms with E-state index in [2.05, 4.69) is 16.0 Å². The van der Waals surface area contributed by atoms with E-state index in [9.17, 15) is 14.4 Å². The lowest BCUT2D eigenvalue weighted by atomic mass is 10.2. The number of carbonyl (C=O) groups excluding carboxylic acids is 2. The van der Waals surface area contributed by atoms with E-state index >= 15 is 0 Å². The summed E-state index contributed by atoms with van der Waals surface area (Å²) in [5.74, 6) is -2.31.